The topological polar surface area (TPSA) is 58.4 Å². The summed E-state index contributed by atoms with van der Waals surface area (Å²) in [7, 11) is 0. The third-order valence-corrected chi connectivity index (χ3v) is 6.01. The van der Waals surface area contributed by atoms with Gasteiger partial charge in [0.2, 0.25) is 5.91 Å². The number of hydrogen-bond donors (Lipinski definition) is 0. The van der Waals surface area contributed by atoms with Gasteiger partial charge in [-0.05, 0) is 37.8 Å². The van der Waals surface area contributed by atoms with Gasteiger partial charge in [-0.25, -0.2) is 4.98 Å². The average molecular weight is 366 g/mol. The lowest BCUT2D eigenvalue weighted by atomic mass is 9.98. The van der Waals surface area contributed by atoms with Crippen LogP contribution >= 0.6 is 0 Å². The maximum atomic E-state index is 12.7. The van der Waals surface area contributed by atoms with Gasteiger partial charge < -0.3 is 4.90 Å². The fourth-order valence-electron chi connectivity index (χ4n) is 4.13. The van der Waals surface area contributed by atoms with Crippen molar-refractivity contribution in [3.63, 3.8) is 0 Å². The van der Waals surface area contributed by atoms with Crippen molar-refractivity contribution in [1.82, 2.24) is 19.4 Å². The first-order valence-electron chi connectivity index (χ1n) is 9.64. The van der Waals surface area contributed by atoms with Crippen LogP contribution in [-0.4, -0.2) is 50.9 Å². The van der Waals surface area contributed by atoms with Gasteiger partial charge >= 0.3 is 0 Å². The zero-order valence-electron chi connectivity index (χ0n) is 16.0. The zero-order valence-corrected chi connectivity index (χ0v) is 16.0. The molecule has 1 amide bonds. The first-order valence-corrected chi connectivity index (χ1v) is 9.64. The molecule has 6 nitrogen and oxygen atoms in total. The molecule has 1 aromatic heterocycles. The van der Waals surface area contributed by atoms with E-state index in [9.17, 15) is 9.59 Å². The maximum Gasteiger partial charge on any atom is 0.256 e. The van der Waals surface area contributed by atoms with Gasteiger partial charge in [0.05, 0.1) is 6.33 Å². The Hall–Kier alpha value is -2.47. The van der Waals surface area contributed by atoms with E-state index in [2.05, 4.69) is 34.1 Å². The second-order valence-corrected chi connectivity index (χ2v) is 7.66. The van der Waals surface area contributed by atoms with Crippen molar-refractivity contribution >= 4 is 5.91 Å². The van der Waals surface area contributed by atoms with Crippen LogP contribution < -0.4 is 5.56 Å². The Kier molecular flexibility index (Phi) is 4.83. The average Bonchev–Trinajstić information content (AvgIpc) is 3.18. The summed E-state index contributed by atoms with van der Waals surface area (Å²) in [6.07, 6.45) is 3.55. The summed E-state index contributed by atoms with van der Waals surface area (Å²) in [5.74, 6) is 0.00191. The number of likely N-dealkylation sites (tertiary alicyclic amines) is 1. The molecule has 3 heterocycles. The molecule has 1 unspecified atom stereocenters. The number of fused-ring (bicyclic) bond motifs is 1. The highest BCUT2D eigenvalue weighted by atomic mass is 16.2. The Bertz CT molecular complexity index is 921. The van der Waals surface area contributed by atoms with Crippen molar-refractivity contribution in [2.75, 3.05) is 19.6 Å². The molecule has 27 heavy (non-hydrogen) atoms. The summed E-state index contributed by atoms with van der Waals surface area (Å²) in [4.78, 5) is 33.6. The summed E-state index contributed by atoms with van der Waals surface area (Å²) in [6, 6.07) is 9.03. The third-order valence-electron chi connectivity index (χ3n) is 6.01. The Morgan fingerprint density at radius 1 is 1.19 bits per heavy atom. The highest BCUT2D eigenvalue weighted by Gasteiger charge is 2.32. The van der Waals surface area contributed by atoms with Gasteiger partial charge in [-0.2, -0.15) is 0 Å². The van der Waals surface area contributed by atoms with Crippen LogP contribution in [-0.2, 0) is 24.3 Å². The lowest BCUT2D eigenvalue weighted by Crippen LogP contribution is -2.42. The van der Waals surface area contributed by atoms with E-state index in [1.165, 1.54) is 22.0 Å². The van der Waals surface area contributed by atoms with E-state index in [1.807, 2.05) is 11.8 Å². The molecule has 0 saturated carbocycles. The molecule has 0 radical (unpaired) electrons. The van der Waals surface area contributed by atoms with Crippen molar-refractivity contribution < 1.29 is 4.79 Å². The Morgan fingerprint density at radius 2 is 1.96 bits per heavy atom. The fourth-order valence-corrected chi connectivity index (χ4v) is 4.13. The largest absolute Gasteiger partial charge is 0.340 e. The fraction of sp³-hybridized carbons (Fsp3) is 0.476. The highest BCUT2D eigenvalue weighted by Crippen LogP contribution is 2.24. The van der Waals surface area contributed by atoms with Gasteiger partial charge in [0.1, 0.15) is 6.54 Å². The molecule has 0 N–H and O–H groups in total. The molecule has 2 aromatic rings. The minimum Gasteiger partial charge on any atom is -0.340 e. The van der Waals surface area contributed by atoms with Gasteiger partial charge in [0, 0.05) is 43.5 Å². The molecule has 0 bridgehead atoms. The van der Waals surface area contributed by atoms with Crippen molar-refractivity contribution in [2.24, 2.45) is 0 Å². The second kappa shape index (κ2) is 7.27. The van der Waals surface area contributed by atoms with E-state index in [4.69, 9.17) is 0 Å². The predicted molar refractivity (Wildman–Crippen MR) is 104 cm³/mol. The van der Waals surface area contributed by atoms with E-state index in [0.29, 0.717) is 11.6 Å². The zero-order chi connectivity index (χ0) is 19.0. The van der Waals surface area contributed by atoms with Crippen molar-refractivity contribution in [1.29, 1.82) is 0 Å². The molecule has 142 valence electrons. The summed E-state index contributed by atoms with van der Waals surface area (Å²) >= 11 is 0. The quantitative estimate of drug-likeness (QED) is 0.826. The van der Waals surface area contributed by atoms with E-state index in [1.54, 1.807) is 6.92 Å². The summed E-state index contributed by atoms with van der Waals surface area (Å²) < 4.78 is 1.43. The van der Waals surface area contributed by atoms with E-state index >= 15 is 0 Å². The van der Waals surface area contributed by atoms with Crippen LogP contribution in [0.2, 0.25) is 0 Å². The molecule has 1 saturated heterocycles. The first-order chi connectivity index (χ1) is 13.0. The van der Waals surface area contributed by atoms with Crippen LogP contribution in [0, 0.1) is 13.8 Å². The molecule has 0 spiro atoms. The van der Waals surface area contributed by atoms with Crippen LogP contribution in [0.5, 0.6) is 0 Å². The lowest BCUT2D eigenvalue weighted by Gasteiger charge is -2.33. The standard InChI is InChI=1S/C21H26N4O2/c1-15-16(2)22-14-25(21(15)27)13-20(26)24-10-8-19(12-24)23-9-7-17-5-3-4-6-18(17)11-23/h3-6,14,19H,7-13H2,1-2H3. The monoisotopic (exact) mass is 366 g/mol. The molecule has 0 aliphatic carbocycles. The molecule has 2 aliphatic rings. The molecule has 1 atom stereocenters. The van der Waals surface area contributed by atoms with E-state index in [0.717, 1.165) is 44.7 Å². The number of nitrogens with zero attached hydrogens (tertiary/aromatic N) is 4. The van der Waals surface area contributed by atoms with Crippen LogP contribution in [0.15, 0.2) is 35.4 Å². The van der Waals surface area contributed by atoms with Crippen LogP contribution in [0.3, 0.4) is 0 Å². The number of amides is 1. The van der Waals surface area contributed by atoms with Crippen molar-refractivity contribution in [3.8, 4) is 0 Å². The van der Waals surface area contributed by atoms with E-state index < -0.39 is 0 Å². The number of benzene rings is 1. The van der Waals surface area contributed by atoms with Crippen LogP contribution in [0.1, 0.15) is 28.8 Å². The first kappa shape index (κ1) is 17.9. The normalized spacial score (nSPS) is 19.9. The molecule has 2 aliphatic heterocycles. The number of aromatic nitrogens is 2. The second-order valence-electron chi connectivity index (χ2n) is 7.66. The van der Waals surface area contributed by atoms with Crippen molar-refractivity contribution in [3.05, 3.63) is 63.3 Å². The van der Waals surface area contributed by atoms with Gasteiger partial charge in [-0.15, -0.1) is 0 Å². The molecular weight excluding hydrogens is 340 g/mol. The van der Waals surface area contributed by atoms with E-state index in [-0.39, 0.29) is 18.0 Å². The number of carbonyl (C=O) groups excluding carboxylic acids is 1. The molecule has 6 heteroatoms. The van der Waals surface area contributed by atoms with Gasteiger partial charge in [-0.1, -0.05) is 24.3 Å². The molecule has 1 fully saturated rings. The van der Waals surface area contributed by atoms with Crippen LogP contribution in [0.25, 0.3) is 0 Å². The minimum absolute atomic E-state index is 0.00191. The summed E-state index contributed by atoms with van der Waals surface area (Å²) in [6.45, 7) is 7.15. The van der Waals surface area contributed by atoms with Crippen LogP contribution in [0.4, 0.5) is 0 Å². The Morgan fingerprint density at radius 3 is 2.78 bits per heavy atom. The Balaban J connectivity index is 1.39. The molecule has 4 rings (SSSR count). The number of hydrogen-bond acceptors (Lipinski definition) is 4. The molecule has 1 aromatic carbocycles. The maximum absolute atomic E-state index is 12.7. The summed E-state index contributed by atoms with van der Waals surface area (Å²) in [5.41, 5.74) is 4.05. The van der Waals surface area contributed by atoms with Crippen molar-refractivity contribution in [2.45, 2.75) is 45.8 Å². The van der Waals surface area contributed by atoms with Gasteiger partial charge in [0.25, 0.3) is 5.56 Å². The highest BCUT2D eigenvalue weighted by molar-refractivity contribution is 5.76. The summed E-state index contributed by atoms with van der Waals surface area (Å²) in [5, 5.41) is 0. The Labute approximate surface area is 159 Å². The molecular formula is C21H26N4O2. The number of rotatable bonds is 3. The number of aryl methyl sites for hydroxylation is 1. The van der Waals surface area contributed by atoms with Gasteiger partial charge in [-0.3, -0.25) is 19.1 Å². The third kappa shape index (κ3) is 3.54. The minimum atomic E-state index is -0.126. The SMILES string of the molecule is Cc1ncn(CC(=O)N2CCC(N3CCc4ccccc4C3)C2)c(=O)c1C. The van der Waals surface area contributed by atoms with Gasteiger partial charge in [0.15, 0.2) is 0 Å². The lowest BCUT2D eigenvalue weighted by molar-refractivity contribution is -0.131. The predicted octanol–water partition coefficient (Wildman–Crippen LogP) is 1.52. The smallest absolute Gasteiger partial charge is 0.256 e. The number of carbonyl (C=O) groups is 1.